The second-order valence-corrected chi connectivity index (χ2v) is 7.47. The molecule has 3 nitrogen and oxygen atoms in total. The van der Waals surface area contributed by atoms with Crippen LogP contribution in [0.5, 0.6) is 0 Å². The topological polar surface area (TPSA) is 49.3 Å². The predicted octanol–water partition coefficient (Wildman–Crippen LogP) is 3.78. The summed E-state index contributed by atoms with van der Waals surface area (Å²) in [6, 6.07) is 18.0. The molecule has 2 atom stereocenters. The highest BCUT2D eigenvalue weighted by Gasteiger charge is 2.37. The molecule has 0 spiro atoms. The van der Waals surface area contributed by atoms with Crippen LogP contribution < -0.4 is 5.32 Å². The van der Waals surface area contributed by atoms with Gasteiger partial charge in [-0.25, -0.2) is 0 Å². The van der Waals surface area contributed by atoms with Crippen LogP contribution in [0.2, 0.25) is 0 Å². The molecule has 0 aliphatic heterocycles. The quantitative estimate of drug-likeness (QED) is 0.715. The molecule has 2 fully saturated rings. The molecule has 2 N–H and O–H groups in total. The minimum atomic E-state index is -0.440. The Kier molecular flexibility index (Phi) is 5.00. The van der Waals surface area contributed by atoms with Crippen LogP contribution in [0.25, 0.3) is 6.08 Å². The number of ketones is 1. The van der Waals surface area contributed by atoms with Crippen molar-refractivity contribution < 1.29 is 9.90 Å². The lowest BCUT2D eigenvalue weighted by Gasteiger charge is -2.06. The molecule has 2 aromatic carbocycles. The largest absolute Gasteiger partial charge is 0.388 e. The van der Waals surface area contributed by atoms with E-state index in [1.54, 1.807) is 6.08 Å². The Morgan fingerprint density at radius 1 is 1.04 bits per heavy atom. The number of carbonyl (C=O) groups excluding carboxylic acids is 1. The highest BCUT2D eigenvalue weighted by Crippen LogP contribution is 2.43. The van der Waals surface area contributed by atoms with Crippen LogP contribution >= 0.6 is 0 Å². The maximum Gasteiger partial charge on any atom is 0.181 e. The van der Waals surface area contributed by atoms with Crippen LogP contribution in [0, 0.1) is 0 Å². The summed E-state index contributed by atoms with van der Waals surface area (Å²) in [5, 5.41) is 12.4. The van der Waals surface area contributed by atoms with Gasteiger partial charge in [-0.1, -0.05) is 54.6 Å². The van der Waals surface area contributed by atoms with Gasteiger partial charge in [-0.3, -0.25) is 4.79 Å². The average Bonchev–Trinajstić information content (AvgIpc) is 3.59. The lowest BCUT2D eigenvalue weighted by Crippen LogP contribution is -2.17. The van der Waals surface area contributed by atoms with Gasteiger partial charge in [0.25, 0.3) is 0 Å². The van der Waals surface area contributed by atoms with E-state index in [-0.39, 0.29) is 5.78 Å². The van der Waals surface area contributed by atoms with Gasteiger partial charge in [-0.05, 0) is 53.5 Å². The molecule has 0 bridgehead atoms. The third-order valence-corrected chi connectivity index (χ3v) is 5.37. The number of aliphatic hydroxyl groups excluding tert-OH is 1. The fourth-order valence-electron chi connectivity index (χ4n) is 3.46. The summed E-state index contributed by atoms with van der Waals surface area (Å²) in [6.07, 6.45) is 7.08. The molecule has 134 valence electrons. The minimum absolute atomic E-state index is 0.277. The van der Waals surface area contributed by atoms with Crippen LogP contribution in [-0.4, -0.2) is 23.5 Å². The van der Waals surface area contributed by atoms with Crippen LogP contribution in [0.1, 0.15) is 53.4 Å². The number of carbonyl (C=O) groups is 1. The zero-order chi connectivity index (χ0) is 17.9. The monoisotopic (exact) mass is 347 g/mol. The molecular weight excluding hydrogens is 322 g/mol. The van der Waals surface area contributed by atoms with Crippen molar-refractivity contribution in [3.8, 4) is 0 Å². The maximum absolute atomic E-state index is 11.1. The number of hydrogen-bond donors (Lipinski definition) is 2. The molecule has 2 saturated carbocycles. The highest BCUT2D eigenvalue weighted by molar-refractivity contribution is 5.94. The first kappa shape index (κ1) is 17.2. The lowest BCUT2D eigenvalue weighted by molar-refractivity contribution is -0.117. The Hall–Kier alpha value is -2.23. The van der Waals surface area contributed by atoms with Gasteiger partial charge in [0, 0.05) is 18.5 Å². The lowest BCUT2D eigenvalue weighted by atomic mass is 10.1. The first-order valence-electron chi connectivity index (χ1n) is 9.47. The predicted molar refractivity (Wildman–Crippen MR) is 104 cm³/mol. The molecule has 0 amide bonds. The third-order valence-electron chi connectivity index (χ3n) is 5.37. The molecule has 4 rings (SSSR count). The maximum atomic E-state index is 11.1. The Morgan fingerprint density at radius 2 is 1.73 bits per heavy atom. The van der Waals surface area contributed by atoms with Crippen LogP contribution in [-0.2, 0) is 11.3 Å². The molecule has 3 heteroatoms. The molecule has 0 heterocycles. The number of benzene rings is 2. The van der Waals surface area contributed by atoms with Gasteiger partial charge in [-0.2, -0.15) is 0 Å². The van der Waals surface area contributed by atoms with E-state index < -0.39 is 6.61 Å². The van der Waals surface area contributed by atoms with Crippen molar-refractivity contribution in [1.82, 2.24) is 5.32 Å². The SMILES string of the molecule is O=C(/C=C/c1ccc(CNC2CC2c2ccc(C3CC3)cc2)cc1)CO. The van der Waals surface area contributed by atoms with E-state index in [0.29, 0.717) is 12.0 Å². The summed E-state index contributed by atoms with van der Waals surface area (Å²) >= 11 is 0. The van der Waals surface area contributed by atoms with E-state index in [0.717, 1.165) is 18.0 Å². The van der Waals surface area contributed by atoms with Gasteiger partial charge in [0.2, 0.25) is 0 Å². The number of hydrogen-bond acceptors (Lipinski definition) is 3. The van der Waals surface area contributed by atoms with Gasteiger partial charge in [0.05, 0.1) is 0 Å². The summed E-state index contributed by atoms with van der Waals surface area (Å²) in [5.74, 6) is 1.20. The standard InChI is InChI=1S/C23H25NO2/c25-15-21(26)12-5-16-1-3-17(4-2-16)14-24-23-13-22(23)20-10-8-19(9-11-20)18-6-7-18/h1-5,8-12,18,22-25H,6-7,13-15H2/b12-5+. The molecular formula is C23H25NO2. The average molecular weight is 347 g/mol. The van der Waals surface area contributed by atoms with Gasteiger partial charge >= 0.3 is 0 Å². The Balaban J connectivity index is 1.26. The van der Waals surface area contributed by atoms with Gasteiger partial charge < -0.3 is 10.4 Å². The first-order chi connectivity index (χ1) is 12.7. The second-order valence-electron chi connectivity index (χ2n) is 7.47. The fraction of sp³-hybridized carbons (Fsp3) is 0.348. The molecule has 2 unspecified atom stereocenters. The first-order valence-corrected chi connectivity index (χ1v) is 9.47. The summed E-state index contributed by atoms with van der Waals surface area (Å²) in [6.45, 7) is 0.422. The summed E-state index contributed by atoms with van der Waals surface area (Å²) in [4.78, 5) is 11.1. The van der Waals surface area contributed by atoms with Crippen molar-refractivity contribution in [3.63, 3.8) is 0 Å². The van der Waals surface area contributed by atoms with E-state index >= 15 is 0 Å². The molecule has 2 aliphatic carbocycles. The molecule has 2 aliphatic rings. The van der Waals surface area contributed by atoms with Gasteiger partial charge in [-0.15, -0.1) is 0 Å². The Labute approximate surface area is 154 Å². The van der Waals surface area contributed by atoms with Crippen molar-refractivity contribution in [3.05, 3.63) is 76.9 Å². The van der Waals surface area contributed by atoms with Crippen molar-refractivity contribution >= 4 is 11.9 Å². The Bertz CT molecular complexity index is 788. The minimum Gasteiger partial charge on any atom is -0.388 e. The van der Waals surface area contributed by atoms with Crippen LogP contribution in [0.15, 0.2) is 54.6 Å². The fourth-order valence-corrected chi connectivity index (χ4v) is 3.46. The number of nitrogens with one attached hydrogen (secondary N) is 1. The van der Waals surface area contributed by atoms with E-state index in [1.165, 1.54) is 42.0 Å². The normalized spacial score (nSPS) is 21.9. The van der Waals surface area contributed by atoms with E-state index in [9.17, 15) is 4.79 Å². The molecule has 2 aromatic rings. The molecule has 0 aromatic heterocycles. The van der Waals surface area contributed by atoms with E-state index in [4.69, 9.17) is 5.11 Å². The van der Waals surface area contributed by atoms with Crippen molar-refractivity contribution in [2.24, 2.45) is 0 Å². The molecule has 26 heavy (non-hydrogen) atoms. The smallest absolute Gasteiger partial charge is 0.181 e. The second kappa shape index (κ2) is 7.56. The zero-order valence-electron chi connectivity index (χ0n) is 14.9. The molecule has 0 radical (unpaired) electrons. The Morgan fingerprint density at radius 3 is 2.38 bits per heavy atom. The van der Waals surface area contributed by atoms with Crippen LogP contribution in [0.3, 0.4) is 0 Å². The van der Waals surface area contributed by atoms with Crippen molar-refractivity contribution in [1.29, 1.82) is 0 Å². The molecule has 0 saturated heterocycles. The summed E-state index contributed by atoms with van der Waals surface area (Å²) in [5.41, 5.74) is 5.18. The van der Waals surface area contributed by atoms with Crippen molar-refractivity contribution in [2.75, 3.05) is 6.61 Å². The van der Waals surface area contributed by atoms with E-state index in [1.807, 2.05) is 12.1 Å². The van der Waals surface area contributed by atoms with Crippen molar-refractivity contribution in [2.45, 2.75) is 43.7 Å². The summed E-state index contributed by atoms with van der Waals surface area (Å²) in [7, 11) is 0. The third kappa shape index (κ3) is 4.29. The highest BCUT2D eigenvalue weighted by atomic mass is 16.3. The van der Waals surface area contributed by atoms with Gasteiger partial charge in [0.1, 0.15) is 6.61 Å². The zero-order valence-corrected chi connectivity index (χ0v) is 14.9. The summed E-state index contributed by atoms with van der Waals surface area (Å²) < 4.78 is 0. The number of aliphatic hydroxyl groups is 1. The van der Waals surface area contributed by atoms with Gasteiger partial charge in [0.15, 0.2) is 5.78 Å². The van der Waals surface area contributed by atoms with E-state index in [2.05, 4.69) is 41.7 Å². The number of rotatable bonds is 8. The van der Waals surface area contributed by atoms with Crippen LogP contribution in [0.4, 0.5) is 0 Å².